The van der Waals surface area contributed by atoms with E-state index in [-0.39, 0.29) is 51.4 Å². The molecule has 0 N–H and O–H groups in total. The average Bonchev–Trinajstić information content (AvgIpc) is 1.27. The average molecular weight is 174 g/mol. The SMILES string of the molecule is CC(=S)OC(C)=S.[KH]. The van der Waals surface area contributed by atoms with Crippen LogP contribution < -0.4 is 0 Å². The molecule has 0 bridgehead atoms. The molecular weight excluding hydrogens is 167 g/mol. The second kappa shape index (κ2) is 6.73. The third-order valence-corrected chi connectivity index (χ3v) is 0.454. The van der Waals surface area contributed by atoms with Crippen molar-refractivity contribution in [2.75, 3.05) is 0 Å². The van der Waals surface area contributed by atoms with Crippen molar-refractivity contribution >= 4 is 85.9 Å². The number of thiocarbonyl (C=S) groups is 2. The van der Waals surface area contributed by atoms with Crippen LogP contribution in [0.5, 0.6) is 0 Å². The van der Waals surface area contributed by atoms with Crippen LogP contribution in [0.4, 0.5) is 0 Å². The van der Waals surface area contributed by atoms with Gasteiger partial charge in [-0.15, -0.1) is 0 Å². The summed E-state index contributed by atoms with van der Waals surface area (Å²) < 4.78 is 4.71. The first-order valence-corrected chi connectivity index (χ1v) is 2.63. The van der Waals surface area contributed by atoms with Gasteiger partial charge in [0.25, 0.3) is 0 Å². The van der Waals surface area contributed by atoms with Gasteiger partial charge in [-0.1, -0.05) is 0 Å². The van der Waals surface area contributed by atoms with E-state index in [1.165, 1.54) is 0 Å². The molecule has 0 aromatic carbocycles. The Morgan fingerprint density at radius 3 is 1.38 bits per heavy atom. The summed E-state index contributed by atoms with van der Waals surface area (Å²) in [6.07, 6.45) is 0. The van der Waals surface area contributed by atoms with E-state index in [0.717, 1.165) is 0 Å². The molecule has 0 aliphatic heterocycles. The van der Waals surface area contributed by atoms with Crippen LogP contribution in [0.3, 0.4) is 0 Å². The van der Waals surface area contributed by atoms with Crippen LogP contribution in [0.1, 0.15) is 13.8 Å². The summed E-state index contributed by atoms with van der Waals surface area (Å²) in [5, 5.41) is 0.958. The third-order valence-electron chi connectivity index (χ3n) is 0.287. The zero-order chi connectivity index (χ0) is 5.86. The monoisotopic (exact) mass is 174 g/mol. The molecule has 0 saturated heterocycles. The van der Waals surface area contributed by atoms with Gasteiger partial charge in [0.2, 0.25) is 0 Å². The molecule has 0 aromatic heterocycles. The normalized spacial score (nSPS) is 6.75. The number of rotatable bonds is 0. The van der Waals surface area contributed by atoms with Crippen LogP contribution in [0.25, 0.3) is 0 Å². The summed E-state index contributed by atoms with van der Waals surface area (Å²) >= 11 is 9.12. The van der Waals surface area contributed by atoms with Gasteiger partial charge < -0.3 is 4.74 Å². The van der Waals surface area contributed by atoms with Crippen LogP contribution in [0.15, 0.2) is 0 Å². The van der Waals surface area contributed by atoms with Gasteiger partial charge in [0.05, 0.1) is 0 Å². The Hall–Kier alpha value is 1.62. The molecule has 42 valence electrons. The van der Waals surface area contributed by atoms with E-state index >= 15 is 0 Å². The van der Waals surface area contributed by atoms with Crippen LogP contribution in [-0.2, 0) is 4.74 Å². The Kier molecular flexibility index (Phi) is 10.4. The molecule has 0 heterocycles. The molecule has 0 amide bonds. The summed E-state index contributed by atoms with van der Waals surface area (Å²) in [5.41, 5.74) is 0. The summed E-state index contributed by atoms with van der Waals surface area (Å²) in [6, 6.07) is 0. The minimum absolute atomic E-state index is 0. The molecule has 0 atom stereocenters. The molecule has 0 aliphatic carbocycles. The van der Waals surface area contributed by atoms with Crippen molar-refractivity contribution in [3.8, 4) is 0 Å². The summed E-state index contributed by atoms with van der Waals surface area (Å²) in [5.74, 6) is 0. The summed E-state index contributed by atoms with van der Waals surface area (Å²) in [6.45, 7) is 3.37. The molecular formula is C4H7KOS2. The molecule has 0 fully saturated rings. The molecule has 0 unspecified atom stereocenters. The second-order valence-corrected chi connectivity index (χ2v) is 2.24. The Balaban J connectivity index is 0. The fourth-order valence-corrected chi connectivity index (χ4v) is 0.505. The molecule has 0 aromatic rings. The Morgan fingerprint density at radius 2 is 1.38 bits per heavy atom. The minimum atomic E-state index is 0. The molecule has 0 saturated carbocycles. The zero-order valence-electron chi connectivity index (χ0n) is 4.22. The van der Waals surface area contributed by atoms with Crippen LogP contribution >= 0.6 is 24.4 Å². The fourth-order valence-electron chi connectivity index (χ4n) is 0.202. The van der Waals surface area contributed by atoms with Gasteiger partial charge in [-0.25, -0.2) is 0 Å². The molecule has 4 heteroatoms. The summed E-state index contributed by atoms with van der Waals surface area (Å²) in [7, 11) is 0. The molecule has 0 radical (unpaired) electrons. The van der Waals surface area contributed by atoms with Gasteiger partial charge in [-0.2, -0.15) is 0 Å². The van der Waals surface area contributed by atoms with Crippen LogP contribution in [0.2, 0.25) is 0 Å². The second-order valence-electron chi connectivity index (χ2n) is 1.09. The molecule has 8 heavy (non-hydrogen) atoms. The quantitative estimate of drug-likeness (QED) is 0.401. The van der Waals surface area contributed by atoms with Crippen molar-refractivity contribution in [1.82, 2.24) is 0 Å². The van der Waals surface area contributed by atoms with E-state index in [1.54, 1.807) is 13.8 Å². The van der Waals surface area contributed by atoms with Gasteiger partial charge >= 0.3 is 51.4 Å². The van der Waals surface area contributed by atoms with Crippen molar-refractivity contribution in [2.24, 2.45) is 0 Å². The first-order valence-electron chi connectivity index (χ1n) is 1.82. The number of hydrogen-bond acceptors (Lipinski definition) is 3. The van der Waals surface area contributed by atoms with Crippen molar-refractivity contribution in [3.05, 3.63) is 0 Å². The van der Waals surface area contributed by atoms with Gasteiger partial charge in [0, 0.05) is 13.8 Å². The predicted molar refractivity (Wildman–Crippen MR) is 44.8 cm³/mol. The van der Waals surface area contributed by atoms with E-state index in [9.17, 15) is 0 Å². The van der Waals surface area contributed by atoms with E-state index in [2.05, 4.69) is 24.4 Å². The van der Waals surface area contributed by atoms with Gasteiger partial charge in [-0.3, -0.25) is 0 Å². The van der Waals surface area contributed by atoms with E-state index in [0.29, 0.717) is 10.1 Å². The number of ether oxygens (including phenoxy) is 1. The third kappa shape index (κ3) is 10.6. The Bertz CT molecular complexity index is 90.2. The first kappa shape index (κ1) is 12.3. The first-order chi connectivity index (χ1) is 3.13. The number of hydrogen-bond donors (Lipinski definition) is 0. The van der Waals surface area contributed by atoms with Crippen molar-refractivity contribution < 1.29 is 4.74 Å². The molecule has 0 rings (SSSR count). The predicted octanol–water partition coefficient (Wildman–Crippen LogP) is 1.05. The molecule has 0 spiro atoms. The van der Waals surface area contributed by atoms with Crippen LogP contribution in [-0.4, -0.2) is 61.5 Å². The van der Waals surface area contributed by atoms with E-state index in [1.807, 2.05) is 0 Å². The maximum absolute atomic E-state index is 4.71. The fraction of sp³-hybridized carbons (Fsp3) is 0.500. The Morgan fingerprint density at radius 1 is 1.12 bits per heavy atom. The Labute approximate surface area is 103 Å². The summed E-state index contributed by atoms with van der Waals surface area (Å²) in [4.78, 5) is 0. The molecule has 1 nitrogen and oxygen atoms in total. The van der Waals surface area contributed by atoms with E-state index < -0.39 is 0 Å². The molecule has 0 aliphatic rings. The van der Waals surface area contributed by atoms with Crippen LogP contribution in [0, 0.1) is 0 Å². The topological polar surface area (TPSA) is 9.23 Å². The van der Waals surface area contributed by atoms with Gasteiger partial charge in [0.1, 0.15) is 0 Å². The standard InChI is InChI=1S/C4H6OS2.K.H/c1-3(6)5-4(2)7;;/h1-2H3;;. The maximum atomic E-state index is 4.71. The van der Waals surface area contributed by atoms with Crippen molar-refractivity contribution in [2.45, 2.75) is 13.8 Å². The zero-order valence-corrected chi connectivity index (χ0v) is 5.86. The van der Waals surface area contributed by atoms with Crippen molar-refractivity contribution in [3.63, 3.8) is 0 Å². The van der Waals surface area contributed by atoms with Gasteiger partial charge in [0.15, 0.2) is 10.1 Å². The van der Waals surface area contributed by atoms with Crippen molar-refractivity contribution in [1.29, 1.82) is 0 Å². The van der Waals surface area contributed by atoms with Gasteiger partial charge in [-0.05, 0) is 24.4 Å². The van der Waals surface area contributed by atoms with E-state index in [4.69, 9.17) is 4.74 Å².